The second-order valence-electron chi connectivity index (χ2n) is 4.67. The largest absolute Gasteiger partial charge is 0.334 e. The van der Waals surface area contributed by atoms with Crippen molar-refractivity contribution in [2.75, 3.05) is 13.1 Å². The summed E-state index contributed by atoms with van der Waals surface area (Å²) in [6.07, 6.45) is 4.84. The minimum Gasteiger partial charge on any atom is -0.334 e. The van der Waals surface area contributed by atoms with Crippen LogP contribution in [0.5, 0.6) is 0 Å². The topological polar surface area (TPSA) is 59.2 Å². The molecule has 2 rings (SSSR count). The van der Waals surface area contributed by atoms with Gasteiger partial charge in [0.2, 0.25) is 0 Å². The van der Waals surface area contributed by atoms with Crippen molar-refractivity contribution in [3.8, 4) is 11.8 Å². The van der Waals surface area contributed by atoms with Crippen LogP contribution >= 0.6 is 0 Å². The van der Waals surface area contributed by atoms with Crippen molar-refractivity contribution >= 4 is 5.91 Å². The Kier molecular flexibility index (Phi) is 4.53. The molecule has 0 aromatic carbocycles. The van der Waals surface area contributed by atoms with Crippen LogP contribution in [0.15, 0.2) is 18.3 Å². The van der Waals surface area contributed by atoms with Crippen molar-refractivity contribution in [3.63, 3.8) is 0 Å². The van der Waals surface area contributed by atoms with Gasteiger partial charge in [-0.1, -0.05) is 18.8 Å². The fourth-order valence-electron chi connectivity index (χ4n) is 1.97. The first-order chi connectivity index (χ1) is 9.26. The number of hydrogen-bond donors (Lipinski definition) is 1. The van der Waals surface area contributed by atoms with Gasteiger partial charge in [-0.15, -0.1) is 0 Å². The van der Waals surface area contributed by atoms with Crippen LogP contribution in [0, 0.1) is 11.8 Å². The molecule has 100 valence electrons. The SMILES string of the molecule is CCCN(C(=O)c1ccc(C#CCN)cn1)C1CC1. The molecule has 0 bridgehead atoms. The highest BCUT2D eigenvalue weighted by atomic mass is 16.2. The molecule has 1 aliphatic rings. The van der Waals surface area contributed by atoms with E-state index in [2.05, 4.69) is 23.7 Å². The molecule has 1 amide bonds. The summed E-state index contributed by atoms with van der Waals surface area (Å²) < 4.78 is 0. The summed E-state index contributed by atoms with van der Waals surface area (Å²) in [6, 6.07) is 3.99. The molecule has 1 saturated carbocycles. The number of rotatable bonds is 4. The van der Waals surface area contributed by atoms with Gasteiger partial charge in [0.1, 0.15) is 5.69 Å². The van der Waals surface area contributed by atoms with Gasteiger partial charge in [-0.2, -0.15) is 0 Å². The molecule has 1 aromatic rings. The van der Waals surface area contributed by atoms with E-state index in [1.54, 1.807) is 12.3 Å². The number of aromatic nitrogens is 1. The number of nitrogens with zero attached hydrogens (tertiary/aromatic N) is 2. The molecule has 0 saturated heterocycles. The fourth-order valence-corrected chi connectivity index (χ4v) is 1.97. The summed E-state index contributed by atoms with van der Waals surface area (Å²) in [5.41, 5.74) is 6.60. The van der Waals surface area contributed by atoms with E-state index < -0.39 is 0 Å². The molecule has 0 radical (unpaired) electrons. The van der Waals surface area contributed by atoms with E-state index >= 15 is 0 Å². The molecule has 2 N–H and O–H groups in total. The first-order valence-corrected chi connectivity index (χ1v) is 6.72. The maximum Gasteiger partial charge on any atom is 0.272 e. The highest BCUT2D eigenvalue weighted by Gasteiger charge is 2.32. The fraction of sp³-hybridized carbons (Fsp3) is 0.467. The molecule has 19 heavy (non-hydrogen) atoms. The number of carbonyl (C=O) groups excluding carboxylic acids is 1. The van der Waals surface area contributed by atoms with Crippen LogP contribution in [0.3, 0.4) is 0 Å². The summed E-state index contributed by atoms with van der Waals surface area (Å²) in [5.74, 6) is 5.69. The molecule has 4 heteroatoms. The Balaban J connectivity index is 2.09. The van der Waals surface area contributed by atoms with Crippen LogP contribution in [-0.2, 0) is 0 Å². The average Bonchev–Trinajstić information content (AvgIpc) is 3.27. The Bertz CT molecular complexity index is 494. The maximum absolute atomic E-state index is 12.3. The average molecular weight is 257 g/mol. The Morgan fingerprint density at radius 2 is 2.32 bits per heavy atom. The minimum atomic E-state index is 0.0303. The molecule has 0 aliphatic heterocycles. The van der Waals surface area contributed by atoms with E-state index in [4.69, 9.17) is 5.73 Å². The molecule has 4 nitrogen and oxygen atoms in total. The first kappa shape index (κ1) is 13.6. The zero-order chi connectivity index (χ0) is 13.7. The van der Waals surface area contributed by atoms with E-state index in [1.165, 1.54) is 0 Å². The summed E-state index contributed by atoms with van der Waals surface area (Å²) in [7, 11) is 0. The van der Waals surface area contributed by atoms with Crippen molar-refractivity contribution < 1.29 is 4.79 Å². The molecule has 1 fully saturated rings. The third-order valence-electron chi connectivity index (χ3n) is 3.03. The lowest BCUT2D eigenvalue weighted by molar-refractivity contribution is 0.0737. The second kappa shape index (κ2) is 6.35. The van der Waals surface area contributed by atoms with Gasteiger partial charge in [-0.3, -0.25) is 4.79 Å². The third-order valence-corrected chi connectivity index (χ3v) is 3.03. The highest BCUT2D eigenvalue weighted by Crippen LogP contribution is 2.28. The van der Waals surface area contributed by atoms with E-state index in [0.29, 0.717) is 18.3 Å². The van der Waals surface area contributed by atoms with Crippen LogP contribution in [-0.4, -0.2) is 34.9 Å². The first-order valence-electron chi connectivity index (χ1n) is 6.72. The van der Waals surface area contributed by atoms with Gasteiger partial charge in [0.25, 0.3) is 5.91 Å². The Hall–Kier alpha value is -1.86. The van der Waals surface area contributed by atoms with E-state index in [-0.39, 0.29) is 5.91 Å². The number of pyridine rings is 1. The van der Waals surface area contributed by atoms with Crippen molar-refractivity contribution in [2.45, 2.75) is 32.2 Å². The van der Waals surface area contributed by atoms with Gasteiger partial charge < -0.3 is 10.6 Å². The molecule has 0 atom stereocenters. The summed E-state index contributed by atoms with van der Waals surface area (Å²) in [6.45, 7) is 3.22. The predicted molar refractivity (Wildman–Crippen MR) is 74.5 cm³/mol. The van der Waals surface area contributed by atoms with Crippen molar-refractivity contribution in [3.05, 3.63) is 29.6 Å². The summed E-state index contributed by atoms with van der Waals surface area (Å²) >= 11 is 0. The number of carbonyl (C=O) groups is 1. The van der Waals surface area contributed by atoms with Crippen LogP contribution in [0.4, 0.5) is 0 Å². The van der Waals surface area contributed by atoms with Gasteiger partial charge in [0.15, 0.2) is 0 Å². The van der Waals surface area contributed by atoms with E-state index in [9.17, 15) is 4.79 Å². The van der Waals surface area contributed by atoms with E-state index in [1.807, 2.05) is 11.0 Å². The van der Waals surface area contributed by atoms with Crippen molar-refractivity contribution in [2.24, 2.45) is 5.73 Å². The van der Waals surface area contributed by atoms with Crippen molar-refractivity contribution in [1.82, 2.24) is 9.88 Å². The number of amides is 1. The lowest BCUT2D eigenvalue weighted by Gasteiger charge is -2.21. The molecular formula is C15H19N3O. The smallest absolute Gasteiger partial charge is 0.272 e. The van der Waals surface area contributed by atoms with Crippen LogP contribution in [0.2, 0.25) is 0 Å². The summed E-state index contributed by atoms with van der Waals surface area (Å²) in [4.78, 5) is 18.5. The van der Waals surface area contributed by atoms with Gasteiger partial charge in [0.05, 0.1) is 6.54 Å². The summed E-state index contributed by atoms with van der Waals surface area (Å²) in [5, 5.41) is 0. The zero-order valence-corrected chi connectivity index (χ0v) is 11.2. The minimum absolute atomic E-state index is 0.0303. The standard InChI is InChI=1S/C15H19N3O/c1-2-10-18(13-6-7-13)15(19)14-8-5-12(11-17-14)4-3-9-16/h5,8,11,13H,2,6-7,9-10,16H2,1H3. The normalized spacial score (nSPS) is 13.6. The zero-order valence-electron chi connectivity index (χ0n) is 11.2. The number of nitrogens with two attached hydrogens (primary N) is 1. The molecule has 1 aromatic heterocycles. The van der Waals surface area contributed by atoms with Gasteiger partial charge in [-0.25, -0.2) is 4.98 Å². The van der Waals surface area contributed by atoms with Crippen LogP contribution in [0.1, 0.15) is 42.2 Å². The molecule has 1 heterocycles. The van der Waals surface area contributed by atoms with Gasteiger partial charge >= 0.3 is 0 Å². The van der Waals surface area contributed by atoms with E-state index in [0.717, 1.165) is 31.4 Å². The Morgan fingerprint density at radius 3 is 2.84 bits per heavy atom. The quantitative estimate of drug-likeness (QED) is 0.830. The Morgan fingerprint density at radius 1 is 1.53 bits per heavy atom. The Labute approximate surface area is 114 Å². The molecule has 1 aliphatic carbocycles. The van der Waals surface area contributed by atoms with Gasteiger partial charge in [0, 0.05) is 24.3 Å². The third kappa shape index (κ3) is 3.55. The molecule has 0 unspecified atom stereocenters. The molecule has 0 spiro atoms. The number of hydrogen-bond acceptors (Lipinski definition) is 3. The lowest BCUT2D eigenvalue weighted by atomic mass is 10.2. The van der Waals surface area contributed by atoms with Crippen LogP contribution < -0.4 is 5.73 Å². The predicted octanol–water partition coefficient (Wildman–Crippen LogP) is 1.41. The second-order valence-corrected chi connectivity index (χ2v) is 4.67. The molecular weight excluding hydrogens is 238 g/mol. The monoisotopic (exact) mass is 257 g/mol. The van der Waals surface area contributed by atoms with Gasteiger partial charge in [-0.05, 0) is 31.4 Å². The van der Waals surface area contributed by atoms with Crippen LogP contribution in [0.25, 0.3) is 0 Å². The lowest BCUT2D eigenvalue weighted by Crippen LogP contribution is -2.34. The maximum atomic E-state index is 12.3. The van der Waals surface area contributed by atoms with Crippen molar-refractivity contribution in [1.29, 1.82) is 0 Å². The highest BCUT2D eigenvalue weighted by molar-refractivity contribution is 5.92.